The highest BCUT2D eigenvalue weighted by Gasteiger charge is 2.31. The first-order valence-corrected chi connectivity index (χ1v) is 14.8. The lowest BCUT2D eigenvalue weighted by Gasteiger charge is -2.33. The summed E-state index contributed by atoms with van der Waals surface area (Å²) < 4.78 is 14.0. The Morgan fingerprint density at radius 1 is 1.15 bits per heavy atom. The van der Waals surface area contributed by atoms with Crippen molar-refractivity contribution < 1.29 is 9.47 Å². The van der Waals surface area contributed by atoms with Crippen LogP contribution in [0.2, 0.25) is 0 Å². The van der Waals surface area contributed by atoms with Gasteiger partial charge in [0.05, 0.1) is 30.4 Å². The van der Waals surface area contributed by atoms with Crippen molar-refractivity contribution in [2.75, 3.05) is 25.0 Å². The first-order valence-electron chi connectivity index (χ1n) is 14.0. The highest BCUT2D eigenvalue weighted by molar-refractivity contribution is 7.18. The second kappa shape index (κ2) is 11.2. The van der Waals surface area contributed by atoms with Gasteiger partial charge in [-0.3, -0.25) is 9.58 Å². The number of thiophene rings is 1. The normalized spacial score (nSPS) is 17.8. The molecular formula is C30H38N6O2S. The van der Waals surface area contributed by atoms with Gasteiger partial charge in [0.2, 0.25) is 0 Å². The molecule has 0 radical (unpaired) electrons. The fourth-order valence-corrected chi connectivity index (χ4v) is 6.64. The number of hydrogen-bond acceptors (Lipinski definition) is 8. The van der Waals surface area contributed by atoms with Crippen LogP contribution in [0, 0.1) is 6.92 Å². The van der Waals surface area contributed by atoms with E-state index in [1.54, 1.807) is 17.7 Å². The molecule has 0 atom stereocenters. The molecule has 4 aromatic rings. The molecule has 0 amide bonds. The van der Waals surface area contributed by atoms with Crippen LogP contribution in [0.1, 0.15) is 54.7 Å². The third-order valence-corrected chi connectivity index (χ3v) is 8.80. The lowest BCUT2D eigenvalue weighted by atomic mass is 9.94. The molecule has 39 heavy (non-hydrogen) atoms. The van der Waals surface area contributed by atoms with Crippen LogP contribution >= 0.6 is 11.3 Å². The maximum absolute atomic E-state index is 6.04. The second-order valence-corrected chi connectivity index (χ2v) is 12.5. The quantitative estimate of drug-likeness (QED) is 0.274. The third-order valence-electron chi connectivity index (χ3n) is 7.69. The molecule has 0 bridgehead atoms. The minimum Gasteiger partial charge on any atom is -0.494 e. The van der Waals surface area contributed by atoms with E-state index in [0.717, 1.165) is 68.3 Å². The molecule has 0 saturated carbocycles. The van der Waals surface area contributed by atoms with E-state index in [9.17, 15) is 0 Å². The smallest absolute Gasteiger partial charge is 0.138 e. The van der Waals surface area contributed by atoms with Gasteiger partial charge in [-0.25, -0.2) is 9.97 Å². The topological polar surface area (TPSA) is 77.3 Å². The number of piperidine rings is 1. The number of hydrogen-bond donors (Lipinski definition) is 1. The number of rotatable bonds is 9. The summed E-state index contributed by atoms with van der Waals surface area (Å²) >= 11 is 1.75. The first kappa shape index (κ1) is 26.2. The fraction of sp³-hybridized carbons (Fsp3) is 0.500. The molecule has 0 aliphatic carbocycles. The Labute approximate surface area is 234 Å². The van der Waals surface area contributed by atoms with Crippen LogP contribution in [0.4, 0.5) is 5.82 Å². The number of benzene rings is 1. The van der Waals surface area contributed by atoms with Crippen LogP contribution in [-0.2, 0) is 30.9 Å². The Morgan fingerprint density at radius 3 is 2.74 bits per heavy atom. The van der Waals surface area contributed by atoms with Gasteiger partial charge in [-0.1, -0.05) is 12.1 Å². The standard InChI is InChI=1S/C30H38N6O2S/c1-21-16-33-36(17-21)11-4-14-37-24-7-5-22(6-8-24)18-35-12-9-23(10-13-35)34-28-27-25-15-30(2,3)38-19-26(25)39-29(27)32-20-31-28/h5-8,16-17,20,23H,4,9-15,18-19H2,1-3H3,(H,31,32,34). The summed E-state index contributed by atoms with van der Waals surface area (Å²) in [4.78, 5) is 14.2. The zero-order valence-corrected chi connectivity index (χ0v) is 24.0. The van der Waals surface area contributed by atoms with Crippen LogP contribution in [-0.4, -0.2) is 56.0 Å². The van der Waals surface area contributed by atoms with E-state index >= 15 is 0 Å². The Bertz CT molecular complexity index is 1400. The molecule has 0 unspecified atom stereocenters. The number of likely N-dealkylation sites (tertiary alicyclic amines) is 1. The number of aryl methyl sites for hydroxylation is 2. The van der Waals surface area contributed by atoms with Crippen molar-refractivity contribution in [3.05, 3.63) is 64.6 Å². The summed E-state index contributed by atoms with van der Waals surface area (Å²) in [5, 5.41) is 9.31. The molecule has 8 nitrogen and oxygen atoms in total. The molecule has 1 N–H and O–H groups in total. The van der Waals surface area contributed by atoms with Crippen molar-refractivity contribution in [3.63, 3.8) is 0 Å². The van der Waals surface area contributed by atoms with Crippen molar-refractivity contribution in [1.82, 2.24) is 24.6 Å². The molecule has 206 valence electrons. The van der Waals surface area contributed by atoms with Crippen LogP contribution in [0.25, 0.3) is 10.2 Å². The number of nitrogens with zero attached hydrogens (tertiary/aromatic N) is 5. The lowest BCUT2D eigenvalue weighted by Crippen LogP contribution is -2.38. The highest BCUT2D eigenvalue weighted by atomic mass is 32.1. The Hall–Kier alpha value is -3.01. The monoisotopic (exact) mass is 546 g/mol. The summed E-state index contributed by atoms with van der Waals surface area (Å²) in [5.74, 6) is 1.92. The molecule has 1 aromatic carbocycles. The van der Waals surface area contributed by atoms with Gasteiger partial charge in [0.1, 0.15) is 22.7 Å². The van der Waals surface area contributed by atoms with E-state index in [1.165, 1.54) is 27.0 Å². The van der Waals surface area contributed by atoms with Gasteiger partial charge >= 0.3 is 0 Å². The average molecular weight is 547 g/mol. The summed E-state index contributed by atoms with van der Waals surface area (Å²) in [6.07, 6.45) is 9.69. The summed E-state index contributed by atoms with van der Waals surface area (Å²) in [6, 6.07) is 8.99. The summed E-state index contributed by atoms with van der Waals surface area (Å²) in [6.45, 7) is 11.7. The Kier molecular flexibility index (Phi) is 7.55. The molecular weight excluding hydrogens is 508 g/mol. The Morgan fingerprint density at radius 2 is 1.97 bits per heavy atom. The SMILES string of the molecule is Cc1cnn(CCCOc2ccc(CN3CCC(Nc4ncnc5sc6c(c45)CC(C)(C)OC6)CC3)cc2)c1. The van der Waals surface area contributed by atoms with E-state index in [2.05, 4.69) is 76.5 Å². The average Bonchev–Trinajstić information content (AvgIpc) is 3.51. The van der Waals surface area contributed by atoms with E-state index in [-0.39, 0.29) is 5.60 Å². The molecule has 6 rings (SSSR count). The molecule has 9 heteroatoms. The van der Waals surface area contributed by atoms with Gasteiger partial charge in [-0.05, 0) is 62.4 Å². The molecule has 1 saturated heterocycles. The second-order valence-electron chi connectivity index (χ2n) is 11.5. The van der Waals surface area contributed by atoms with Gasteiger partial charge < -0.3 is 14.8 Å². The number of fused-ring (bicyclic) bond motifs is 3. The van der Waals surface area contributed by atoms with Gasteiger partial charge in [0.15, 0.2) is 0 Å². The number of anilines is 1. The van der Waals surface area contributed by atoms with Gasteiger partial charge in [0, 0.05) is 56.1 Å². The Balaban J connectivity index is 0.983. The molecule has 5 heterocycles. The molecule has 2 aliphatic heterocycles. The van der Waals surface area contributed by atoms with E-state index < -0.39 is 0 Å². The summed E-state index contributed by atoms with van der Waals surface area (Å²) in [5.41, 5.74) is 3.74. The number of nitrogens with one attached hydrogen (secondary N) is 1. The minimum absolute atomic E-state index is 0.149. The van der Waals surface area contributed by atoms with E-state index in [4.69, 9.17) is 9.47 Å². The number of ether oxygens (including phenoxy) is 2. The largest absolute Gasteiger partial charge is 0.494 e. The molecule has 3 aromatic heterocycles. The van der Waals surface area contributed by atoms with Crippen LogP contribution in [0.15, 0.2) is 43.0 Å². The van der Waals surface area contributed by atoms with Crippen LogP contribution in [0.5, 0.6) is 5.75 Å². The zero-order valence-electron chi connectivity index (χ0n) is 23.2. The fourth-order valence-electron chi connectivity index (χ4n) is 5.57. The van der Waals surface area contributed by atoms with Gasteiger partial charge in [-0.2, -0.15) is 5.10 Å². The molecule has 0 spiro atoms. The maximum Gasteiger partial charge on any atom is 0.138 e. The van der Waals surface area contributed by atoms with E-state index in [0.29, 0.717) is 19.3 Å². The first-order chi connectivity index (χ1) is 18.9. The van der Waals surface area contributed by atoms with E-state index in [1.807, 2.05) is 10.9 Å². The summed E-state index contributed by atoms with van der Waals surface area (Å²) in [7, 11) is 0. The van der Waals surface area contributed by atoms with Crippen molar-refractivity contribution in [1.29, 1.82) is 0 Å². The van der Waals surface area contributed by atoms with Gasteiger partial charge in [0.25, 0.3) is 0 Å². The molecule has 1 fully saturated rings. The minimum atomic E-state index is -0.149. The predicted molar refractivity (Wildman–Crippen MR) is 155 cm³/mol. The molecule has 2 aliphatic rings. The zero-order chi connectivity index (χ0) is 26.8. The van der Waals surface area contributed by atoms with Crippen LogP contribution in [0.3, 0.4) is 0 Å². The predicted octanol–water partition coefficient (Wildman–Crippen LogP) is 5.59. The lowest BCUT2D eigenvalue weighted by molar-refractivity contribution is -0.0379. The van der Waals surface area contributed by atoms with Crippen molar-refractivity contribution in [2.45, 2.75) is 77.8 Å². The maximum atomic E-state index is 6.04. The van der Waals surface area contributed by atoms with Crippen molar-refractivity contribution in [3.8, 4) is 5.75 Å². The number of aromatic nitrogens is 4. The highest BCUT2D eigenvalue weighted by Crippen LogP contribution is 2.40. The van der Waals surface area contributed by atoms with Crippen LogP contribution < -0.4 is 10.1 Å². The van der Waals surface area contributed by atoms with Crippen molar-refractivity contribution in [2.24, 2.45) is 0 Å². The third kappa shape index (κ3) is 6.26. The van der Waals surface area contributed by atoms with Crippen molar-refractivity contribution >= 4 is 27.4 Å². The van der Waals surface area contributed by atoms with Gasteiger partial charge in [-0.15, -0.1) is 11.3 Å².